The van der Waals surface area contributed by atoms with Gasteiger partial charge in [-0.3, -0.25) is 9.69 Å². The summed E-state index contributed by atoms with van der Waals surface area (Å²) in [5.41, 5.74) is 2.65. The lowest BCUT2D eigenvalue weighted by Crippen LogP contribution is -2.56. The first kappa shape index (κ1) is 19.2. The number of aryl methyl sites for hydroxylation is 1. The second-order valence-corrected chi connectivity index (χ2v) is 8.37. The fourth-order valence-corrected chi connectivity index (χ4v) is 4.52. The average Bonchev–Trinajstić information content (AvgIpc) is 2.65. The third kappa shape index (κ3) is 4.22. The number of amides is 1. The Morgan fingerprint density at radius 1 is 1.12 bits per heavy atom. The van der Waals surface area contributed by atoms with Crippen LogP contribution in [0.1, 0.15) is 45.6 Å². The van der Waals surface area contributed by atoms with E-state index in [0.717, 1.165) is 32.6 Å². The number of piperazine rings is 1. The molecule has 1 aromatic rings. The Labute approximate surface area is 158 Å². The van der Waals surface area contributed by atoms with Crippen LogP contribution in [0.5, 0.6) is 0 Å². The van der Waals surface area contributed by atoms with Crippen LogP contribution in [0, 0.1) is 18.8 Å². The minimum atomic E-state index is -0.0431. The van der Waals surface area contributed by atoms with Crippen LogP contribution in [0.15, 0.2) is 24.3 Å². The molecule has 0 radical (unpaired) electrons. The Hall–Kier alpha value is -1.55. The van der Waals surface area contributed by atoms with Crippen LogP contribution in [0.4, 0.5) is 5.69 Å². The molecule has 1 saturated carbocycles. The van der Waals surface area contributed by atoms with Crippen molar-refractivity contribution in [2.45, 2.75) is 59.0 Å². The molecule has 1 heterocycles. The van der Waals surface area contributed by atoms with Crippen molar-refractivity contribution in [3.63, 3.8) is 0 Å². The van der Waals surface area contributed by atoms with E-state index in [-0.39, 0.29) is 11.9 Å². The number of anilines is 1. The maximum Gasteiger partial charge on any atom is 0.237 e. The van der Waals surface area contributed by atoms with Gasteiger partial charge in [-0.2, -0.15) is 0 Å². The first-order chi connectivity index (χ1) is 12.5. The van der Waals surface area contributed by atoms with E-state index in [4.69, 9.17) is 0 Å². The van der Waals surface area contributed by atoms with E-state index >= 15 is 0 Å². The lowest BCUT2D eigenvalue weighted by molar-refractivity contribution is -0.127. The Morgan fingerprint density at radius 2 is 1.81 bits per heavy atom. The van der Waals surface area contributed by atoms with Gasteiger partial charge in [-0.15, -0.1) is 0 Å². The number of nitrogens with zero attached hydrogens (tertiary/aromatic N) is 2. The zero-order chi connectivity index (χ0) is 18.7. The molecule has 4 heteroatoms. The minimum absolute atomic E-state index is 0.0431. The van der Waals surface area contributed by atoms with Crippen molar-refractivity contribution < 1.29 is 4.79 Å². The van der Waals surface area contributed by atoms with Crippen LogP contribution in [0.25, 0.3) is 0 Å². The molecule has 2 fully saturated rings. The smallest absolute Gasteiger partial charge is 0.237 e. The van der Waals surface area contributed by atoms with Crippen molar-refractivity contribution in [1.29, 1.82) is 0 Å². The summed E-state index contributed by atoms with van der Waals surface area (Å²) < 4.78 is 0. The standard InChI is InChI=1S/C22H35N3O/c1-16-9-7-10-20(18(16)3)23-22(26)19(4)24-12-14-25(15-13-24)21-11-6-5-8-17(21)2/h5-6,8,11,16,18-20H,7,9-10,12-15H2,1-4H3,(H,23,26)/t16-,18-,19+,20+/m0/s1. The van der Waals surface area contributed by atoms with Crippen molar-refractivity contribution >= 4 is 11.6 Å². The van der Waals surface area contributed by atoms with Crippen molar-refractivity contribution in [3.8, 4) is 0 Å². The van der Waals surface area contributed by atoms with Gasteiger partial charge in [0.2, 0.25) is 5.91 Å². The summed E-state index contributed by atoms with van der Waals surface area (Å²) in [7, 11) is 0. The highest BCUT2D eigenvalue weighted by atomic mass is 16.2. The topological polar surface area (TPSA) is 35.6 Å². The van der Waals surface area contributed by atoms with Gasteiger partial charge in [-0.05, 0) is 43.7 Å². The molecule has 1 saturated heterocycles. The Morgan fingerprint density at radius 3 is 2.50 bits per heavy atom. The molecule has 0 aromatic heterocycles. The van der Waals surface area contributed by atoms with Gasteiger partial charge in [-0.25, -0.2) is 0 Å². The Balaban J connectivity index is 1.52. The van der Waals surface area contributed by atoms with Gasteiger partial charge in [-0.1, -0.05) is 44.9 Å². The first-order valence-electron chi connectivity index (χ1n) is 10.3. The molecule has 4 nitrogen and oxygen atoms in total. The van der Waals surface area contributed by atoms with Crippen LogP contribution in [-0.4, -0.2) is 49.1 Å². The van der Waals surface area contributed by atoms with Crippen LogP contribution >= 0.6 is 0 Å². The molecule has 1 aliphatic carbocycles. The van der Waals surface area contributed by atoms with Crippen LogP contribution in [0.3, 0.4) is 0 Å². The summed E-state index contributed by atoms with van der Waals surface area (Å²) in [4.78, 5) is 17.6. The lowest BCUT2D eigenvalue weighted by atomic mass is 9.78. The van der Waals surface area contributed by atoms with Crippen molar-refractivity contribution in [2.24, 2.45) is 11.8 Å². The fraction of sp³-hybridized carbons (Fsp3) is 0.682. The van der Waals surface area contributed by atoms with E-state index in [1.165, 1.54) is 24.1 Å². The molecular weight excluding hydrogens is 322 g/mol. The molecule has 26 heavy (non-hydrogen) atoms. The lowest BCUT2D eigenvalue weighted by Gasteiger charge is -2.40. The molecule has 4 atom stereocenters. The highest BCUT2D eigenvalue weighted by Gasteiger charge is 2.31. The van der Waals surface area contributed by atoms with E-state index in [9.17, 15) is 4.79 Å². The molecular formula is C22H35N3O. The molecule has 2 aliphatic rings. The van der Waals surface area contributed by atoms with Gasteiger partial charge in [0.15, 0.2) is 0 Å². The number of carbonyl (C=O) groups is 1. The summed E-state index contributed by atoms with van der Waals surface area (Å²) in [6, 6.07) is 8.88. The number of carbonyl (C=O) groups excluding carboxylic acids is 1. The van der Waals surface area contributed by atoms with E-state index in [0.29, 0.717) is 17.9 Å². The summed E-state index contributed by atoms with van der Waals surface area (Å²) in [6.07, 6.45) is 3.66. The number of rotatable bonds is 4. The summed E-state index contributed by atoms with van der Waals surface area (Å²) in [5.74, 6) is 1.50. The van der Waals surface area contributed by atoms with Gasteiger partial charge in [0.05, 0.1) is 6.04 Å². The number of hydrogen-bond donors (Lipinski definition) is 1. The predicted molar refractivity (Wildman–Crippen MR) is 109 cm³/mol. The maximum atomic E-state index is 12.8. The van der Waals surface area contributed by atoms with Crippen molar-refractivity contribution in [3.05, 3.63) is 29.8 Å². The summed E-state index contributed by atoms with van der Waals surface area (Å²) in [6.45, 7) is 12.7. The molecule has 0 bridgehead atoms. The average molecular weight is 358 g/mol. The predicted octanol–water partition coefficient (Wildman–Crippen LogP) is 3.45. The van der Waals surface area contributed by atoms with E-state index in [1.807, 2.05) is 0 Å². The molecule has 1 aliphatic heterocycles. The summed E-state index contributed by atoms with van der Waals surface area (Å²) >= 11 is 0. The summed E-state index contributed by atoms with van der Waals surface area (Å²) in [5, 5.41) is 3.35. The monoisotopic (exact) mass is 357 g/mol. The van der Waals surface area contributed by atoms with Gasteiger partial charge >= 0.3 is 0 Å². The normalized spacial score (nSPS) is 28.6. The van der Waals surface area contributed by atoms with Gasteiger partial charge in [0, 0.05) is 37.9 Å². The van der Waals surface area contributed by atoms with Crippen LogP contribution in [-0.2, 0) is 4.79 Å². The van der Waals surface area contributed by atoms with E-state index < -0.39 is 0 Å². The van der Waals surface area contributed by atoms with Gasteiger partial charge < -0.3 is 10.2 Å². The highest BCUT2D eigenvalue weighted by molar-refractivity contribution is 5.81. The van der Waals surface area contributed by atoms with Gasteiger partial charge in [0.25, 0.3) is 0 Å². The number of hydrogen-bond acceptors (Lipinski definition) is 3. The quantitative estimate of drug-likeness (QED) is 0.896. The number of nitrogens with one attached hydrogen (secondary N) is 1. The number of benzene rings is 1. The third-order valence-electron chi connectivity index (χ3n) is 6.73. The second-order valence-electron chi connectivity index (χ2n) is 8.37. The molecule has 1 amide bonds. The van der Waals surface area contributed by atoms with Gasteiger partial charge in [0.1, 0.15) is 0 Å². The largest absolute Gasteiger partial charge is 0.369 e. The van der Waals surface area contributed by atoms with E-state index in [2.05, 4.69) is 67.1 Å². The zero-order valence-corrected chi connectivity index (χ0v) is 16.9. The first-order valence-corrected chi connectivity index (χ1v) is 10.3. The highest BCUT2D eigenvalue weighted by Crippen LogP contribution is 2.29. The Kier molecular flexibility index (Phi) is 6.23. The van der Waals surface area contributed by atoms with Crippen molar-refractivity contribution in [2.75, 3.05) is 31.1 Å². The maximum absolute atomic E-state index is 12.8. The fourth-order valence-electron chi connectivity index (χ4n) is 4.52. The molecule has 1 aromatic carbocycles. The number of para-hydroxylation sites is 1. The third-order valence-corrected chi connectivity index (χ3v) is 6.73. The SMILES string of the molecule is Cc1ccccc1N1CCN([C@H](C)C(=O)N[C@@H]2CCC[C@H](C)[C@@H]2C)CC1. The zero-order valence-electron chi connectivity index (χ0n) is 16.9. The molecule has 3 rings (SSSR count). The van der Waals surface area contributed by atoms with E-state index in [1.54, 1.807) is 0 Å². The molecule has 0 unspecified atom stereocenters. The van der Waals surface area contributed by atoms with Crippen LogP contribution in [0.2, 0.25) is 0 Å². The molecule has 144 valence electrons. The minimum Gasteiger partial charge on any atom is -0.369 e. The van der Waals surface area contributed by atoms with Crippen molar-refractivity contribution in [1.82, 2.24) is 10.2 Å². The second kappa shape index (κ2) is 8.43. The molecule has 1 N–H and O–H groups in total. The molecule has 0 spiro atoms. The Bertz CT molecular complexity index is 609. The van der Waals surface area contributed by atoms with Crippen LogP contribution < -0.4 is 10.2 Å².